The second-order valence-corrected chi connectivity index (χ2v) is 8.43. The van der Waals surface area contributed by atoms with Crippen molar-refractivity contribution in [1.29, 1.82) is 0 Å². The van der Waals surface area contributed by atoms with Gasteiger partial charge in [0.1, 0.15) is 7.85 Å². The normalized spacial score (nSPS) is 11.9. The Balaban J connectivity index is 0.000000258. The van der Waals surface area contributed by atoms with Gasteiger partial charge >= 0.3 is 0 Å². The van der Waals surface area contributed by atoms with Crippen molar-refractivity contribution in [1.82, 2.24) is 0 Å². The first kappa shape index (κ1) is 21.1. The molecule has 4 aromatic carbocycles. The van der Waals surface area contributed by atoms with Crippen molar-refractivity contribution < 1.29 is 10.2 Å². The Hall–Kier alpha value is -2.62. The molecule has 0 saturated carbocycles. The van der Waals surface area contributed by atoms with Crippen LogP contribution in [0.3, 0.4) is 0 Å². The predicted molar refractivity (Wildman–Crippen MR) is 125 cm³/mol. The summed E-state index contributed by atoms with van der Waals surface area (Å²) in [6, 6.07) is 27.5. The van der Waals surface area contributed by atoms with Crippen LogP contribution in [0.5, 0.6) is 0 Å². The number of hydrogen-bond donors (Lipinski definition) is 2. The molecule has 3 heteroatoms. The highest BCUT2D eigenvalue weighted by Crippen LogP contribution is 2.34. The van der Waals surface area contributed by atoms with E-state index in [-0.39, 0.29) is 0 Å². The molecule has 0 aliphatic rings. The molecule has 0 bridgehead atoms. The average Bonchev–Trinajstić information content (AvgIpc) is 2.67. The minimum Gasteiger partial charge on any atom is -0.387 e. The lowest BCUT2D eigenvalue weighted by molar-refractivity contribution is -0.107. The fourth-order valence-electron chi connectivity index (χ4n) is 2.96. The van der Waals surface area contributed by atoms with Gasteiger partial charge in [-0.1, -0.05) is 78.3 Å². The zero-order chi connectivity index (χ0) is 21.2. The standard InChI is InChI=1S/C20H13B.C6H14O2/c21-16-11-9-14(10-12-16)20-13-15-5-1-2-6-17(15)18-7-3-4-8-19(18)20;1-5(2,7)6(3,4)8/h1-13H;7-8H,1-4H3. The number of fused-ring (bicyclic) bond motifs is 3. The Morgan fingerprint density at radius 2 is 1.10 bits per heavy atom. The van der Waals surface area contributed by atoms with Crippen LogP contribution in [0.1, 0.15) is 27.7 Å². The second kappa shape index (κ2) is 8.02. The van der Waals surface area contributed by atoms with Crippen LogP contribution in [0.25, 0.3) is 32.7 Å². The van der Waals surface area contributed by atoms with Crippen LogP contribution in [0.4, 0.5) is 0 Å². The molecule has 2 N–H and O–H groups in total. The highest BCUT2D eigenvalue weighted by molar-refractivity contribution is 6.32. The van der Waals surface area contributed by atoms with E-state index in [0.29, 0.717) is 0 Å². The molecule has 0 atom stereocenters. The molecular formula is C26H27BO2. The minimum absolute atomic E-state index is 0.795. The van der Waals surface area contributed by atoms with Gasteiger partial charge in [0.2, 0.25) is 0 Å². The van der Waals surface area contributed by atoms with E-state index in [1.165, 1.54) is 32.7 Å². The van der Waals surface area contributed by atoms with Crippen molar-refractivity contribution in [2.75, 3.05) is 0 Å². The molecular weight excluding hydrogens is 355 g/mol. The third-order valence-corrected chi connectivity index (χ3v) is 5.49. The number of hydrogen-bond acceptors (Lipinski definition) is 2. The fraction of sp³-hybridized carbons (Fsp3) is 0.231. The fourth-order valence-corrected chi connectivity index (χ4v) is 2.96. The van der Waals surface area contributed by atoms with E-state index in [2.05, 4.69) is 66.7 Å². The Morgan fingerprint density at radius 1 is 0.621 bits per heavy atom. The molecule has 146 valence electrons. The van der Waals surface area contributed by atoms with Gasteiger partial charge in [0, 0.05) is 0 Å². The summed E-state index contributed by atoms with van der Waals surface area (Å²) in [5.74, 6) is 0. The maximum absolute atomic E-state index is 9.10. The maximum Gasteiger partial charge on any atom is 0.113 e. The number of rotatable bonds is 2. The summed E-state index contributed by atoms with van der Waals surface area (Å²) in [6.07, 6.45) is 0. The molecule has 4 aromatic rings. The van der Waals surface area contributed by atoms with Gasteiger partial charge in [0.25, 0.3) is 0 Å². The molecule has 0 spiro atoms. The molecule has 4 rings (SSSR count). The van der Waals surface area contributed by atoms with E-state index in [9.17, 15) is 0 Å². The van der Waals surface area contributed by atoms with Crippen LogP contribution < -0.4 is 5.46 Å². The molecule has 0 aromatic heterocycles. The Kier molecular flexibility index (Phi) is 5.84. The van der Waals surface area contributed by atoms with Crippen LogP contribution in [0, 0.1) is 0 Å². The van der Waals surface area contributed by atoms with Gasteiger partial charge in [-0.2, -0.15) is 0 Å². The summed E-state index contributed by atoms with van der Waals surface area (Å²) in [7, 11) is 5.81. The lowest BCUT2D eigenvalue weighted by atomic mass is 9.90. The van der Waals surface area contributed by atoms with E-state index in [4.69, 9.17) is 18.1 Å². The van der Waals surface area contributed by atoms with E-state index in [1.54, 1.807) is 27.7 Å². The molecule has 0 aliphatic heterocycles. The molecule has 0 amide bonds. The van der Waals surface area contributed by atoms with E-state index < -0.39 is 11.2 Å². The topological polar surface area (TPSA) is 40.5 Å². The molecule has 2 nitrogen and oxygen atoms in total. The van der Waals surface area contributed by atoms with Crippen molar-refractivity contribution in [3.05, 3.63) is 78.9 Å². The van der Waals surface area contributed by atoms with Gasteiger partial charge in [-0.05, 0) is 66.4 Å². The van der Waals surface area contributed by atoms with E-state index in [0.717, 1.165) is 5.46 Å². The Bertz CT molecular complexity index is 1110. The maximum atomic E-state index is 9.10. The van der Waals surface area contributed by atoms with Gasteiger partial charge in [0.05, 0.1) is 11.2 Å². The molecule has 0 unspecified atom stereocenters. The average molecular weight is 382 g/mol. The van der Waals surface area contributed by atoms with Crippen molar-refractivity contribution in [3.8, 4) is 11.1 Å². The van der Waals surface area contributed by atoms with Gasteiger partial charge in [-0.25, -0.2) is 0 Å². The molecule has 29 heavy (non-hydrogen) atoms. The first-order valence-electron chi connectivity index (χ1n) is 9.79. The highest BCUT2D eigenvalue weighted by atomic mass is 16.3. The SMILES string of the molecule is CC(C)(O)C(C)(C)O.[B]c1ccc(-c2cc3ccccc3c3ccccc23)cc1. The van der Waals surface area contributed by atoms with E-state index >= 15 is 0 Å². The van der Waals surface area contributed by atoms with Crippen LogP contribution >= 0.6 is 0 Å². The lowest BCUT2D eigenvalue weighted by Gasteiger charge is -2.31. The quantitative estimate of drug-likeness (QED) is 0.379. The summed E-state index contributed by atoms with van der Waals surface area (Å²) in [6.45, 7) is 6.31. The Labute approximate surface area is 174 Å². The zero-order valence-electron chi connectivity index (χ0n) is 17.5. The smallest absolute Gasteiger partial charge is 0.113 e. The van der Waals surface area contributed by atoms with Crippen LogP contribution in [-0.4, -0.2) is 29.3 Å². The zero-order valence-corrected chi connectivity index (χ0v) is 17.5. The van der Waals surface area contributed by atoms with Gasteiger partial charge in [-0.3, -0.25) is 0 Å². The van der Waals surface area contributed by atoms with Crippen LogP contribution in [0.2, 0.25) is 0 Å². The van der Waals surface area contributed by atoms with Crippen molar-refractivity contribution in [2.24, 2.45) is 0 Å². The molecule has 2 radical (unpaired) electrons. The number of aliphatic hydroxyl groups is 2. The van der Waals surface area contributed by atoms with Crippen molar-refractivity contribution >= 4 is 34.9 Å². The molecule has 0 heterocycles. The molecule has 0 fully saturated rings. The summed E-state index contributed by atoms with van der Waals surface area (Å²) < 4.78 is 0. The lowest BCUT2D eigenvalue weighted by Crippen LogP contribution is -2.44. The first-order chi connectivity index (χ1) is 13.6. The number of benzene rings is 4. The largest absolute Gasteiger partial charge is 0.387 e. The second-order valence-electron chi connectivity index (χ2n) is 8.43. The van der Waals surface area contributed by atoms with Gasteiger partial charge < -0.3 is 10.2 Å². The van der Waals surface area contributed by atoms with Gasteiger partial charge in [-0.15, -0.1) is 0 Å². The van der Waals surface area contributed by atoms with Crippen LogP contribution in [-0.2, 0) is 0 Å². The third-order valence-electron chi connectivity index (χ3n) is 5.49. The van der Waals surface area contributed by atoms with Crippen molar-refractivity contribution in [2.45, 2.75) is 38.9 Å². The Morgan fingerprint density at radius 3 is 1.66 bits per heavy atom. The summed E-state index contributed by atoms with van der Waals surface area (Å²) in [5.41, 5.74) is 1.24. The minimum atomic E-state index is -1.01. The third kappa shape index (κ3) is 4.69. The van der Waals surface area contributed by atoms with Gasteiger partial charge in [0.15, 0.2) is 0 Å². The monoisotopic (exact) mass is 382 g/mol. The van der Waals surface area contributed by atoms with E-state index in [1.807, 2.05) is 12.1 Å². The highest BCUT2D eigenvalue weighted by Gasteiger charge is 2.31. The predicted octanol–water partition coefficient (Wildman–Crippen LogP) is 4.98. The summed E-state index contributed by atoms with van der Waals surface area (Å²) in [5, 5.41) is 23.3. The first-order valence-corrected chi connectivity index (χ1v) is 9.79. The molecule has 0 aliphatic carbocycles. The summed E-state index contributed by atoms with van der Waals surface area (Å²) >= 11 is 0. The molecule has 0 saturated heterocycles. The summed E-state index contributed by atoms with van der Waals surface area (Å²) in [4.78, 5) is 0. The van der Waals surface area contributed by atoms with Crippen molar-refractivity contribution in [3.63, 3.8) is 0 Å². The van der Waals surface area contributed by atoms with Crippen LogP contribution in [0.15, 0.2) is 78.9 Å².